The lowest BCUT2D eigenvalue weighted by atomic mass is 10.2. The average molecular weight is 308 g/mol. The Hall–Kier alpha value is -1.69. The molecule has 0 aliphatic carbocycles. The van der Waals surface area contributed by atoms with E-state index in [4.69, 9.17) is 14.2 Å². The van der Waals surface area contributed by atoms with E-state index in [2.05, 4.69) is 0 Å². The van der Waals surface area contributed by atoms with Crippen LogP contribution in [0.1, 0.15) is 19.4 Å². The van der Waals surface area contributed by atoms with Crippen molar-refractivity contribution in [2.24, 2.45) is 0 Å². The van der Waals surface area contributed by atoms with E-state index in [1.54, 1.807) is 6.92 Å². The topological polar surface area (TPSA) is 65.0 Å². The summed E-state index contributed by atoms with van der Waals surface area (Å²) in [5.74, 6) is -0.454. The average Bonchev–Trinajstić information content (AvgIpc) is 2.52. The third-order valence-corrected chi connectivity index (χ3v) is 2.85. The molecular weight excluding hydrogens is 284 g/mol. The van der Waals surface area contributed by atoms with Gasteiger partial charge in [-0.3, -0.25) is 0 Å². The summed E-state index contributed by atoms with van der Waals surface area (Å²) < 4.78 is 15.7. The van der Waals surface area contributed by atoms with Crippen LogP contribution in [0.15, 0.2) is 42.5 Å². The lowest BCUT2D eigenvalue weighted by Crippen LogP contribution is -2.31. The van der Waals surface area contributed by atoms with Gasteiger partial charge in [-0.2, -0.15) is 0 Å². The van der Waals surface area contributed by atoms with E-state index >= 15 is 0 Å². The van der Waals surface area contributed by atoms with E-state index in [9.17, 15) is 9.90 Å². The van der Waals surface area contributed by atoms with Crippen LogP contribution in [0.25, 0.3) is 0 Å². The van der Waals surface area contributed by atoms with Crippen LogP contribution >= 0.6 is 0 Å². The minimum atomic E-state index is -0.852. The SMILES string of the molecule is CCOC(=O)/C=C/[C@@H](OCC)[C@H](O)COCc1ccccc1. The molecule has 1 aromatic carbocycles. The van der Waals surface area contributed by atoms with Crippen molar-refractivity contribution >= 4 is 5.97 Å². The fourth-order valence-corrected chi connectivity index (χ4v) is 1.82. The molecule has 1 N–H and O–H groups in total. The molecule has 0 spiro atoms. The van der Waals surface area contributed by atoms with E-state index in [0.29, 0.717) is 19.8 Å². The second-order valence-corrected chi connectivity index (χ2v) is 4.60. The van der Waals surface area contributed by atoms with Crippen molar-refractivity contribution in [2.75, 3.05) is 19.8 Å². The van der Waals surface area contributed by atoms with Gasteiger partial charge in [0.25, 0.3) is 0 Å². The van der Waals surface area contributed by atoms with Crippen LogP contribution in [0.5, 0.6) is 0 Å². The first kappa shape index (κ1) is 18.4. The van der Waals surface area contributed by atoms with Crippen molar-refractivity contribution in [3.63, 3.8) is 0 Å². The Morgan fingerprint density at radius 3 is 2.59 bits per heavy atom. The van der Waals surface area contributed by atoms with Gasteiger partial charge in [-0.05, 0) is 25.5 Å². The summed E-state index contributed by atoms with van der Waals surface area (Å²) in [5.41, 5.74) is 1.03. The highest BCUT2D eigenvalue weighted by Crippen LogP contribution is 2.06. The van der Waals surface area contributed by atoms with E-state index in [1.807, 2.05) is 37.3 Å². The molecule has 0 aromatic heterocycles. The molecule has 0 amide bonds. The summed E-state index contributed by atoms with van der Waals surface area (Å²) in [6.45, 7) is 4.82. The summed E-state index contributed by atoms with van der Waals surface area (Å²) in [5, 5.41) is 10.1. The van der Waals surface area contributed by atoms with Gasteiger partial charge in [-0.15, -0.1) is 0 Å². The molecule has 0 radical (unpaired) electrons. The summed E-state index contributed by atoms with van der Waals surface area (Å²) in [6.07, 6.45) is 1.31. The van der Waals surface area contributed by atoms with Gasteiger partial charge in [0.1, 0.15) is 12.2 Å². The minimum absolute atomic E-state index is 0.118. The number of ether oxygens (including phenoxy) is 3. The van der Waals surface area contributed by atoms with Crippen molar-refractivity contribution in [1.29, 1.82) is 0 Å². The number of aliphatic hydroxyl groups is 1. The molecule has 0 aliphatic rings. The van der Waals surface area contributed by atoms with Gasteiger partial charge in [0.05, 0.1) is 19.8 Å². The van der Waals surface area contributed by atoms with Crippen LogP contribution in [0.2, 0.25) is 0 Å². The number of rotatable bonds is 10. The molecule has 0 saturated heterocycles. The lowest BCUT2D eigenvalue weighted by Gasteiger charge is -2.19. The number of benzene rings is 1. The zero-order valence-corrected chi connectivity index (χ0v) is 13.1. The van der Waals surface area contributed by atoms with Crippen LogP contribution in [-0.4, -0.2) is 43.1 Å². The van der Waals surface area contributed by atoms with E-state index < -0.39 is 18.2 Å². The molecule has 22 heavy (non-hydrogen) atoms. The Kier molecular flexibility index (Phi) is 9.14. The standard InChI is InChI=1S/C17H24O5/c1-3-21-16(10-11-17(19)22-4-2)15(18)13-20-12-14-8-6-5-7-9-14/h5-11,15-16,18H,3-4,12-13H2,1-2H3/b11-10+/t15-,16-/m1/s1. The van der Waals surface area contributed by atoms with Crippen LogP contribution in [0, 0.1) is 0 Å². The molecule has 1 aromatic rings. The zero-order valence-electron chi connectivity index (χ0n) is 13.1. The van der Waals surface area contributed by atoms with Crippen molar-refractivity contribution in [3.8, 4) is 0 Å². The summed E-state index contributed by atoms with van der Waals surface area (Å²) in [4.78, 5) is 11.3. The maximum absolute atomic E-state index is 11.3. The van der Waals surface area contributed by atoms with Gasteiger partial charge < -0.3 is 19.3 Å². The van der Waals surface area contributed by atoms with Gasteiger partial charge in [0, 0.05) is 12.7 Å². The number of carbonyl (C=O) groups excluding carboxylic acids is 1. The van der Waals surface area contributed by atoms with Gasteiger partial charge in [0.2, 0.25) is 0 Å². The first-order valence-corrected chi connectivity index (χ1v) is 7.43. The van der Waals surface area contributed by atoms with Crippen molar-refractivity contribution in [3.05, 3.63) is 48.0 Å². The highest BCUT2D eigenvalue weighted by Gasteiger charge is 2.17. The Balaban J connectivity index is 2.43. The Labute approximate surface area is 131 Å². The first-order valence-electron chi connectivity index (χ1n) is 7.43. The third-order valence-electron chi connectivity index (χ3n) is 2.85. The molecule has 5 nitrogen and oxygen atoms in total. The molecule has 2 atom stereocenters. The van der Waals surface area contributed by atoms with Gasteiger partial charge in [-0.25, -0.2) is 4.79 Å². The summed E-state index contributed by atoms with van der Waals surface area (Å²) in [7, 11) is 0. The number of carbonyl (C=O) groups is 1. The predicted molar refractivity (Wildman–Crippen MR) is 83.3 cm³/mol. The monoisotopic (exact) mass is 308 g/mol. The maximum atomic E-state index is 11.3. The number of hydrogen-bond acceptors (Lipinski definition) is 5. The van der Waals surface area contributed by atoms with E-state index in [0.717, 1.165) is 5.56 Å². The zero-order chi connectivity index (χ0) is 16.2. The number of aliphatic hydroxyl groups excluding tert-OH is 1. The lowest BCUT2D eigenvalue weighted by molar-refractivity contribution is -0.137. The molecule has 122 valence electrons. The molecular formula is C17H24O5. The predicted octanol–water partition coefficient (Wildman–Crippen LogP) is 2.09. The second-order valence-electron chi connectivity index (χ2n) is 4.60. The maximum Gasteiger partial charge on any atom is 0.330 e. The third kappa shape index (κ3) is 7.36. The molecule has 0 unspecified atom stereocenters. The van der Waals surface area contributed by atoms with Crippen molar-refractivity contribution in [1.82, 2.24) is 0 Å². The Bertz CT molecular complexity index is 444. The van der Waals surface area contributed by atoms with Crippen LogP contribution in [0.4, 0.5) is 0 Å². The van der Waals surface area contributed by atoms with Crippen molar-refractivity contribution in [2.45, 2.75) is 32.7 Å². The molecule has 0 heterocycles. The van der Waals surface area contributed by atoms with Crippen molar-refractivity contribution < 1.29 is 24.1 Å². The highest BCUT2D eigenvalue weighted by atomic mass is 16.5. The second kappa shape index (κ2) is 11.0. The van der Waals surface area contributed by atoms with Gasteiger partial charge >= 0.3 is 5.97 Å². The van der Waals surface area contributed by atoms with Gasteiger partial charge in [-0.1, -0.05) is 30.3 Å². The number of hydrogen-bond donors (Lipinski definition) is 1. The first-order chi connectivity index (χ1) is 10.7. The fourth-order valence-electron chi connectivity index (χ4n) is 1.82. The number of esters is 1. The fraction of sp³-hybridized carbons (Fsp3) is 0.471. The molecule has 0 aliphatic heterocycles. The molecule has 5 heteroatoms. The van der Waals surface area contributed by atoms with Crippen LogP contribution in [0.3, 0.4) is 0 Å². The van der Waals surface area contributed by atoms with E-state index in [1.165, 1.54) is 12.2 Å². The summed E-state index contributed by atoms with van der Waals surface area (Å²) in [6, 6.07) is 9.70. The largest absolute Gasteiger partial charge is 0.463 e. The minimum Gasteiger partial charge on any atom is -0.463 e. The molecule has 0 bridgehead atoms. The highest BCUT2D eigenvalue weighted by molar-refractivity contribution is 5.81. The van der Waals surface area contributed by atoms with Crippen LogP contribution in [-0.2, 0) is 25.6 Å². The molecule has 0 saturated carbocycles. The van der Waals surface area contributed by atoms with E-state index in [-0.39, 0.29) is 6.61 Å². The Morgan fingerprint density at radius 2 is 1.95 bits per heavy atom. The molecule has 0 fully saturated rings. The quantitative estimate of drug-likeness (QED) is 0.529. The normalized spacial score (nSPS) is 14.0. The smallest absolute Gasteiger partial charge is 0.330 e. The summed E-state index contributed by atoms with van der Waals surface area (Å²) >= 11 is 0. The Morgan fingerprint density at radius 1 is 1.23 bits per heavy atom. The van der Waals surface area contributed by atoms with Crippen LogP contribution < -0.4 is 0 Å². The van der Waals surface area contributed by atoms with Gasteiger partial charge in [0.15, 0.2) is 0 Å². The molecule has 1 rings (SSSR count).